The molecule has 126 valence electrons. The summed E-state index contributed by atoms with van der Waals surface area (Å²) in [5.41, 5.74) is 0.507. The van der Waals surface area contributed by atoms with Gasteiger partial charge in [0, 0.05) is 5.69 Å². The van der Waals surface area contributed by atoms with Gasteiger partial charge < -0.3 is 5.32 Å². The van der Waals surface area contributed by atoms with Crippen molar-refractivity contribution in [3.63, 3.8) is 0 Å². The van der Waals surface area contributed by atoms with Gasteiger partial charge in [0.15, 0.2) is 5.82 Å². The van der Waals surface area contributed by atoms with E-state index in [2.05, 4.69) is 15.3 Å². The van der Waals surface area contributed by atoms with E-state index in [1.165, 1.54) is 19.1 Å². The third kappa shape index (κ3) is 4.81. The molecule has 0 aliphatic rings. The number of anilines is 2. The quantitative estimate of drug-likeness (QED) is 0.489. The molecule has 1 aromatic carbocycles. The van der Waals surface area contributed by atoms with E-state index < -0.39 is 27.2 Å². The second-order valence-electron chi connectivity index (χ2n) is 4.03. The van der Waals surface area contributed by atoms with Gasteiger partial charge in [-0.2, -0.15) is 27.2 Å². The van der Waals surface area contributed by atoms with Crippen molar-refractivity contribution in [2.45, 2.75) is 25.7 Å². The molecule has 1 heterocycles. The molecular weight excluding hydrogens is 352 g/mol. The van der Waals surface area contributed by atoms with Crippen molar-refractivity contribution < 1.29 is 21.8 Å². The lowest BCUT2D eigenvalue weighted by molar-refractivity contribution is 0.482. The van der Waals surface area contributed by atoms with Crippen molar-refractivity contribution in [1.82, 2.24) is 9.97 Å². The Morgan fingerprint density at radius 2 is 1.83 bits per heavy atom. The summed E-state index contributed by atoms with van der Waals surface area (Å²) >= 11 is 5.59. The van der Waals surface area contributed by atoms with Crippen LogP contribution in [0.2, 0.25) is 5.02 Å². The fourth-order valence-corrected chi connectivity index (χ4v) is 2.47. The molecule has 0 fully saturated rings. The maximum Gasteiger partial charge on any atom is 0.313 e. The molecule has 0 saturated carbocycles. The summed E-state index contributed by atoms with van der Waals surface area (Å²) in [5.74, 6) is -1.53. The summed E-state index contributed by atoms with van der Waals surface area (Å²) in [5, 5.41) is 2.03. The van der Waals surface area contributed by atoms with E-state index in [1.807, 2.05) is 13.8 Å². The molecule has 1 aromatic heterocycles. The van der Waals surface area contributed by atoms with Crippen LogP contribution in [-0.4, -0.2) is 22.9 Å². The number of nitrogens with one attached hydrogen (secondary N) is 1. The lowest BCUT2D eigenvalue weighted by atomic mass is 10.2. The van der Waals surface area contributed by atoms with Crippen LogP contribution < -0.4 is 5.32 Å². The van der Waals surface area contributed by atoms with E-state index in [9.17, 15) is 17.2 Å². The minimum absolute atomic E-state index is 0.230. The maximum atomic E-state index is 13.2. The predicted octanol–water partition coefficient (Wildman–Crippen LogP) is 3.73. The van der Waals surface area contributed by atoms with Crippen LogP contribution in [0.1, 0.15) is 19.4 Å². The fraction of sp³-hybridized carbons (Fsp3) is 0.231. The molecular formula is C13H14ClF2N3O3S. The summed E-state index contributed by atoms with van der Waals surface area (Å²) in [6.45, 7) is 5.44. The number of rotatable bonds is 3. The van der Waals surface area contributed by atoms with Gasteiger partial charge in [0.2, 0.25) is 5.95 Å². The van der Waals surface area contributed by atoms with Crippen molar-refractivity contribution in [3.05, 3.63) is 40.8 Å². The van der Waals surface area contributed by atoms with E-state index in [-0.39, 0.29) is 22.0 Å². The Balaban J connectivity index is 0.00000127. The summed E-state index contributed by atoms with van der Waals surface area (Å²) in [6, 6.07) is 3.76. The van der Waals surface area contributed by atoms with E-state index in [0.717, 1.165) is 6.07 Å². The highest BCUT2D eigenvalue weighted by molar-refractivity contribution is 7.85. The summed E-state index contributed by atoms with van der Waals surface area (Å²) < 4.78 is 57.2. The maximum absolute atomic E-state index is 13.2. The van der Waals surface area contributed by atoms with Crippen LogP contribution in [0.4, 0.5) is 20.3 Å². The molecule has 6 nitrogen and oxygen atoms in total. The number of hydrogen-bond acceptors (Lipinski definition) is 5. The average molecular weight is 366 g/mol. The van der Waals surface area contributed by atoms with Crippen molar-refractivity contribution in [1.29, 1.82) is 0 Å². The first kappa shape index (κ1) is 19.2. The first-order valence-electron chi connectivity index (χ1n) is 6.42. The minimum atomic E-state index is -4.34. The van der Waals surface area contributed by atoms with E-state index in [1.54, 1.807) is 0 Å². The molecule has 0 saturated heterocycles. The average Bonchev–Trinajstić information content (AvgIpc) is 2.45. The van der Waals surface area contributed by atoms with Gasteiger partial charge in [0.25, 0.3) is 10.1 Å². The van der Waals surface area contributed by atoms with Gasteiger partial charge in [-0.25, -0.2) is 0 Å². The second kappa shape index (κ2) is 7.62. The lowest BCUT2D eigenvalue weighted by Crippen LogP contribution is -2.04. The monoisotopic (exact) mass is 365 g/mol. The topological polar surface area (TPSA) is 92.2 Å². The molecule has 2 rings (SSSR count). The minimum Gasteiger partial charge on any atom is -0.339 e. The summed E-state index contributed by atoms with van der Waals surface area (Å²) in [4.78, 5) is 5.83. The van der Waals surface area contributed by atoms with Crippen LogP contribution in [0.15, 0.2) is 23.1 Å². The Bertz CT molecular complexity index is 816. The van der Waals surface area contributed by atoms with Crippen molar-refractivity contribution in [2.75, 3.05) is 5.32 Å². The Labute approximate surface area is 137 Å². The molecule has 0 atom stereocenters. The number of nitrogens with zero attached hydrogens (tertiary/aromatic N) is 2. The molecule has 0 amide bonds. The van der Waals surface area contributed by atoms with Crippen LogP contribution in [0.25, 0.3) is 0 Å². The fourth-order valence-electron chi connectivity index (χ4n) is 1.63. The molecule has 2 N–H and O–H groups in total. The van der Waals surface area contributed by atoms with Crippen molar-refractivity contribution >= 4 is 33.2 Å². The normalized spacial score (nSPS) is 10.7. The van der Waals surface area contributed by atoms with E-state index >= 15 is 0 Å². The molecule has 0 unspecified atom stereocenters. The zero-order valence-electron chi connectivity index (χ0n) is 12.4. The molecule has 0 spiro atoms. The first-order valence-corrected chi connectivity index (χ1v) is 8.24. The number of halogens is 3. The van der Waals surface area contributed by atoms with Crippen LogP contribution in [-0.2, 0) is 10.1 Å². The molecule has 0 aliphatic carbocycles. The molecule has 0 aliphatic heterocycles. The van der Waals surface area contributed by atoms with Gasteiger partial charge in [0.1, 0.15) is 5.02 Å². The van der Waals surface area contributed by atoms with Crippen molar-refractivity contribution in [2.24, 2.45) is 0 Å². The Morgan fingerprint density at radius 1 is 1.22 bits per heavy atom. The third-order valence-corrected chi connectivity index (χ3v) is 3.85. The molecule has 0 bridgehead atoms. The zero-order valence-corrected chi connectivity index (χ0v) is 14.0. The van der Waals surface area contributed by atoms with Gasteiger partial charge in [-0.05, 0) is 30.7 Å². The molecule has 23 heavy (non-hydrogen) atoms. The summed E-state index contributed by atoms with van der Waals surface area (Å²) in [7, 11) is -4.34. The van der Waals surface area contributed by atoms with E-state index in [4.69, 9.17) is 16.2 Å². The van der Waals surface area contributed by atoms with Gasteiger partial charge >= 0.3 is 6.08 Å². The van der Waals surface area contributed by atoms with E-state index in [0.29, 0.717) is 0 Å². The largest absolute Gasteiger partial charge is 0.339 e. The predicted molar refractivity (Wildman–Crippen MR) is 82.6 cm³/mol. The highest BCUT2D eigenvalue weighted by Gasteiger charge is 2.15. The van der Waals surface area contributed by atoms with Gasteiger partial charge in [-0.3, -0.25) is 4.55 Å². The Hall–Kier alpha value is -1.84. The first-order chi connectivity index (χ1) is 10.7. The van der Waals surface area contributed by atoms with Gasteiger partial charge in [-0.1, -0.05) is 25.4 Å². The van der Waals surface area contributed by atoms with Crippen LogP contribution in [0.5, 0.6) is 0 Å². The van der Waals surface area contributed by atoms with Crippen LogP contribution in [0, 0.1) is 18.9 Å². The smallest absolute Gasteiger partial charge is 0.313 e. The van der Waals surface area contributed by atoms with Gasteiger partial charge in [-0.15, -0.1) is 0 Å². The Kier molecular flexibility index (Phi) is 6.37. The van der Waals surface area contributed by atoms with Crippen LogP contribution in [0.3, 0.4) is 0 Å². The highest BCUT2D eigenvalue weighted by atomic mass is 35.5. The number of benzene rings is 1. The molecule has 10 heteroatoms. The third-order valence-electron chi connectivity index (χ3n) is 2.50. The standard InChI is InChI=1S/C11H8ClF2N3O3S.C2H6/c1-5-4-6(2-3-7(5)21(18,19)20)15-10-8(12)9(13)16-11(14)17-10;1-2/h2-4H,1H3,(H,15,16,17)(H,18,19,20);1-2H3. The number of aromatic nitrogens is 2. The highest BCUT2D eigenvalue weighted by Crippen LogP contribution is 2.27. The lowest BCUT2D eigenvalue weighted by Gasteiger charge is -2.10. The van der Waals surface area contributed by atoms with Crippen molar-refractivity contribution in [3.8, 4) is 0 Å². The number of hydrogen-bond donors (Lipinski definition) is 2. The van der Waals surface area contributed by atoms with Gasteiger partial charge in [0.05, 0.1) is 4.90 Å². The Morgan fingerprint density at radius 3 is 2.35 bits per heavy atom. The SMILES string of the molecule is CC.Cc1cc(Nc2nc(F)nc(F)c2Cl)ccc1S(=O)(=O)O. The number of aryl methyl sites for hydroxylation is 1. The molecule has 0 radical (unpaired) electrons. The summed E-state index contributed by atoms with van der Waals surface area (Å²) in [6.07, 6.45) is -1.30. The van der Waals surface area contributed by atoms with Crippen LogP contribution >= 0.6 is 11.6 Å². The molecule has 2 aromatic rings. The second-order valence-corrected chi connectivity index (χ2v) is 5.79. The zero-order chi connectivity index (χ0) is 17.8.